The first kappa shape index (κ1) is 24.3. The monoisotopic (exact) mass is 489 g/mol. The fraction of sp³-hybridized carbons (Fsp3) is 0.292. The first-order valence-electron chi connectivity index (χ1n) is 10.9. The van der Waals surface area contributed by atoms with E-state index in [0.29, 0.717) is 12.3 Å². The number of piperidine rings is 1. The molecular weight excluding hydrogens is 467 g/mol. The van der Waals surface area contributed by atoms with Crippen LogP contribution in [-0.2, 0) is 12.7 Å². The molecule has 0 aliphatic carbocycles. The zero-order valence-corrected chi connectivity index (χ0v) is 18.5. The Morgan fingerprint density at radius 1 is 1.06 bits per heavy atom. The van der Waals surface area contributed by atoms with Gasteiger partial charge in [-0.15, -0.1) is 0 Å². The van der Waals surface area contributed by atoms with Gasteiger partial charge in [0.05, 0.1) is 28.8 Å². The van der Waals surface area contributed by atoms with Crippen molar-refractivity contribution >= 4 is 17.3 Å². The third kappa shape index (κ3) is 6.38. The van der Waals surface area contributed by atoms with Gasteiger partial charge in [-0.2, -0.15) is 13.2 Å². The maximum absolute atomic E-state index is 13.0. The number of benzene rings is 2. The third-order valence-electron chi connectivity index (χ3n) is 5.47. The number of non-ortho nitro benzene ring substituents is 1. The van der Waals surface area contributed by atoms with E-state index < -0.39 is 28.3 Å². The van der Waals surface area contributed by atoms with Crippen molar-refractivity contribution < 1.29 is 32.0 Å². The highest BCUT2D eigenvalue weighted by atomic mass is 19.4. The van der Waals surface area contributed by atoms with Gasteiger partial charge in [0.25, 0.3) is 11.6 Å². The highest BCUT2D eigenvalue weighted by Crippen LogP contribution is 2.34. The summed E-state index contributed by atoms with van der Waals surface area (Å²) in [5.41, 5.74) is -1.30. The lowest BCUT2D eigenvalue weighted by molar-refractivity contribution is -0.384. The van der Waals surface area contributed by atoms with Gasteiger partial charge in [-0.3, -0.25) is 19.8 Å². The third-order valence-corrected chi connectivity index (χ3v) is 5.47. The summed E-state index contributed by atoms with van der Waals surface area (Å²) < 4.78 is 50.0. The summed E-state index contributed by atoms with van der Waals surface area (Å²) in [6.45, 7) is 2.51. The Kier molecular flexibility index (Phi) is 7.06. The van der Waals surface area contributed by atoms with Crippen LogP contribution < -0.4 is 10.1 Å². The highest BCUT2D eigenvalue weighted by molar-refractivity contribution is 6.02. The fourth-order valence-corrected chi connectivity index (χ4v) is 3.81. The number of nitro groups is 1. The minimum Gasteiger partial charge on any atom is -0.457 e. The fourth-order valence-electron chi connectivity index (χ4n) is 3.81. The molecule has 0 unspecified atom stereocenters. The van der Waals surface area contributed by atoms with E-state index in [1.54, 1.807) is 6.07 Å². The van der Waals surface area contributed by atoms with Gasteiger partial charge >= 0.3 is 6.18 Å². The average molecular weight is 489 g/mol. The van der Waals surface area contributed by atoms with Crippen LogP contribution in [0.3, 0.4) is 0 Å². The number of carbonyl (C=O) groups excluding carboxylic acids is 1. The van der Waals surface area contributed by atoms with E-state index in [4.69, 9.17) is 9.15 Å². The predicted molar refractivity (Wildman–Crippen MR) is 120 cm³/mol. The Morgan fingerprint density at radius 2 is 1.83 bits per heavy atom. The molecular formula is C24H22F3N3O5. The quantitative estimate of drug-likeness (QED) is 0.312. The second-order valence-corrected chi connectivity index (χ2v) is 8.16. The largest absolute Gasteiger partial charge is 0.457 e. The molecule has 1 fully saturated rings. The Morgan fingerprint density at radius 3 is 2.54 bits per heavy atom. The van der Waals surface area contributed by atoms with E-state index in [1.165, 1.54) is 24.6 Å². The van der Waals surface area contributed by atoms with Crippen LogP contribution in [-0.4, -0.2) is 28.8 Å². The number of rotatable bonds is 7. The second kappa shape index (κ2) is 10.2. The van der Waals surface area contributed by atoms with Gasteiger partial charge in [0.15, 0.2) is 5.76 Å². The molecule has 1 aliphatic heterocycles. The molecule has 1 saturated heterocycles. The van der Waals surface area contributed by atoms with Gasteiger partial charge in [0.1, 0.15) is 17.3 Å². The number of nitrogens with one attached hydrogen (secondary N) is 1. The Labute approximate surface area is 198 Å². The number of carbonyl (C=O) groups is 1. The maximum atomic E-state index is 13.0. The number of furan rings is 1. The molecule has 35 heavy (non-hydrogen) atoms. The summed E-state index contributed by atoms with van der Waals surface area (Å²) in [6.07, 6.45) is -1.14. The van der Waals surface area contributed by atoms with Gasteiger partial charge < -0.3 is 14.5 Å². The van der Waals surface area contributed by atoms with E-state index in [0.717, 1.165) is 56.3 Å². The first-order chi connectivity index (χ1) is 16.7. The molecule has 0 spiro atoms. The number of likely N-dealkylation sites (tertiary alicyclic amines) is 1. The van der Waals surface area contributed by atoms with Gasteiger partial charge in [-0.25, -0.2) is 0 Å². The lowest BCUT2D eigenvalue weighted by Gasteiger charge is -2.25. The van der Waals surface area contributed by atoms with Crippen LogP contribution in [0.4, 0.5) is 24.5 Å². The number of ether oxygens (including phenoxy) is 1. The molecule has 3 aromatic rings. The van der Waals surface area contributed by atoms with Crippen molar-refractivity contribution in [3.63, 3.8) is 0 Å². The lowest BCUT2D eigenvalue weighted by atomic mass is 10.1. The van der Waals surface area contributed by atoms with E-state index >= 15 is 0 Å². The molecule has 2 aromatic carbocycles. The molecule has 0 radical (unpaired) electrons. The average Bonchev–Trinajstić information content (AvgIpc) is 3.28. The van der Waals surface area contributed by atoms with Gasteiger partial charge in [0, 0.05) is 12.1 Å². The number of hydrogen-bond donors (Lipinski definition) is 1. The topological polar surface area (TPSA) is 97.8 Å². The minimum absolute atomic E-state index is 0.0279. The summed E-state index contributed by atoms with van der Waals surface area (Å²) in [4.78, 5) is 25.6. The minimum atomic E-state index is -4.57. The molecule has 8 nitrogen and oxygen atoms in total. The van der Waals surface area contributed by atoms with Crippen LogP contribution in [0.25, 0.3) is 0 Å². The molecule has 11 heteroatoms. The normalized spacial score (nSPS) is 14.5. The predicted octanol–water partition coefficient (Wildman–Crippen LogP) is 6.24. The standard InChI is InChI=1S/C24H22F3N3O5/c25-24(26,27)16-5-4-6-19(11-16)34-21-13-17(12-18(14-21)30(32)33)28-23(31)22-8-7-20(35-22)15-29-9-2-1-3-10-29/h4-8,11-14H,1-3,9-10,15H2,(H,28,31). The molecule has 1 aromatic heterocycles. The molecule has 0 bridgehead atoms. The maximum Gasteiger partial charge on any atom is 0.416 e. The van der Waals surface area contributed by atoms with Crippen molar-refractivity contribution in [2.24, 2.45) is 0 Å². The molecule has 1 amide bonds. The number of anilines is 1. The van der Waals surface area contributed by atoms with Crippen LogP contribution >= 0.6 is 0 Å². The van der Waals surface area contributed by atoms with Gasteiger partial charge in [-0.05, 0) is 56.3 Å². The van der Waals surface area contributed by atoms with Gasteiger partial charge in [-0.1, -0.05) is 12.5 Å². The van der Waals surface area contributed by atoms with E-state index in [9.17, 15) is 28.1 Å². The van der Waals surface area contributed by atoms with Crippen LogP contribution in [0, 0.1) is 10.1 Å². The molecule has 2 heterocycles. The smallest absolute Gasteiger partial charge is 0.416 e. The van der Waals surface area contributed by atoms with Gasteiger partial charge in [0.2, 0.25) is 0 Å². The van der Waals surface area contributed by atoms with Crippen LogP contribution in [0.15, 0.2) is 59.0 Å². The van der Waals surface area contributed by atoms with Crippen molar-refractivity contribution in [2.75, 3.05) is 18.4 Å². The summed E-state index contributed by atoms with van der Waals surface area (Å²) in [6, 6.07) is 10.8. The number of nitro benzene ring substituents is 1. The number of nitrogens with zero attached hydrogens (tertiary/aromatic N) is 2. The SMILES string of the molecule is O=C(Nc1cc(Oc2cccc(C(F)(F)F)c2)cc([N+](=O)[O-])c1)c1ccc(CN2CCCCC2)o1. The highest BCUT2D eigenvalue weighted by Gasteiger charge is 2.30. The Bertz CT molecular complexity index is 1220. The number of hydrogen-bond acceptors (Lipinski definition) is 6. The van der Waals surface area contributed by atoms with Crippen LogP contribution in [0.1, 0.15) is 41.1 Å². The Balaban J connectivity index is 1.50. The second-order valence-electron chi connectivity index (χ2n) is 8.16. The molecule has 1 N–H and O–H groups in total. The molecule has 1 aliphatic rings. The van der Waals surface area contributed by atoms with Crippen molar-refractivity contribution in [1.29, 1.82) is 0 Å². The Hall–Kier alpha value is -3.86. The lowest BCUT2D eigenvalue weighted by Crippen LogP contribution is -2.28. The van der Waals surface area contributed by atoms with E-state index in [-0.39, 0.29) is 22.9 Å². The zero-order chi connectivity index (χ0) is 25.0. The first-order valence-corrected chi connectivity index (χ1v) is 10.9. The number of halogens is 3. The van der Waals surface area contributed by atoms with E-state index in [1.807, 2.05) is 0 Å². The molecule has 0 saturated carbocycles. The zero-order valence-electron chi connectivity index (χ0n) is 18.5. The van der Waals surface area contributed by atoms with Crippen LogP contribution in [0.5, 0.6) is 11.5 Å². The van der Waals surface area contributed by atoms with Crippen molar-refractivity contribution in [3.8, 4) is 11.5 Å². The summed E-state index contributed by atoms with van der Waals surface area (Å²) >= 11 is 0. The molecule has 184 valence electrons. The van der Waals surface area contributed by atoms with Crippen LogP contribution in [0.2, 0.25) is 0 Å². The van der Waals surface area contributed by atoms with Crippen molar-refractivity contribution in [3.05, 3.63) is 81.8 Å². The number of alkyl halides is 3. The molecule has 4 rings (SSSR count). The number of amides is 1. The summed E-state index contributed by atoms with van der Waals surface area (Å²) in [5.74, 6) is -0.237. The van der Waals surface area contributed by atoms with E-state index in [2.05, 4.69) is 10.2 Å². The van der Waals surface area contributed by atoms with Crippen molar-refractivity contribution in [1.82, 2.24) is 4.90 Å². The summed E-state index contributed by atoms with van der Waals surface area (Å²) in [7, 11) is 0. The van der Waals surface area contributed by atoms with Crippen molar-refractivity contribution in [2.45, 2.75) is 32.0 Å². The summed E-state index contributed by atoms with van der Waals surface area (Å²) in [5, 5.41) is 13.9. The molecule has 0 atom stereocenters.